The van der Waals surface area contributed by atoms with Crippen molar-refractivity contribution in [3.8, 4) is 11.5 Å². The Balaban J connectivity index is 1.46. The van der Waals surface area contributed by atoms with Crippen LogP contribution in [0.1, 0.15) is 24.3 Å². The van der Waals surface area contributed by atoms with Gasteiger partial charge in [-0.05, 0) is 31.9 Å². The average molecular weight is 355 g/mol. The van der Waals surface area contributed by atoms with Crippen LogP contribution in [0.4, 0.5) is 4.79 Å². The number of piperidine rings is 1. The summed E-state index contributed by atoms with van der Waals surface area (Å²) in [6.45, 7) is 3.37. The first-order valence-electron chi connectivity index (χ1n) is 8.81. The highest BCUT2D eigenvalue weighted by Gasteiger charge is 2.44. The van der Waals surface area contributed by atoms with E-state index in [4.69, 9.17) is 9.15 Å². The first-order chi connectivity index (χ1) is 12.5. The molecule has 136 valence electrons. The standard InChI is InChI=1S/C19H21N3O4/c1-13-15(21-17(25-13)14-6-3-2-4-7-14)10-16(23)22-9-5-8-19(12-22)11-20-18(24)26-19/h2-4,6-7H,5,8-12H2,1H3,(H,20,24)/t19-/m0/s1. The number of oxazole rings is 1. The van der Waals surface area contributed by atoms with Gasteiger partial charge in [0.15, 0.2) is 0 Å². The Kier molecular flexibility index (Phi) is 4.14. The van der Waals surface area contributed by atoms with E-state index in [9.17, 15) is 9.59 Å². The van der Waals surface area contributed by atoms with Gasteiger partial charge in [-0.15, -0.1) is 0 Å². The number of nitrogens with one attached hydrogen (secondary N) is 1. The van der Waals surface area contributed by atoms with E-state index in [1.165, 1.54) is 0 Å². The first-order valence-corrected chi connectivity index (χ1v) is 8.81. The normalized spacial score (nSPS) is 22.3. The highest BCUT2D eigenvalue weighted by molar-refractivity contribution is 5.79. The summed E-state index contributed by atoms with van der Waals surface area (Å²) in [4.78, 5) is 30.4. The molecule has 0 bridgehead atoms. The van der Waals surface area contributed by atoms with Crippen LogP contribution in [0.5, 0.6) is 0 Å². The fraction of sp³-hybridized carbons (Fsp3) is 0.421. The van der Waals surface area contributed by atoms with Crippen LogP contribution in [-0.4, -0.2) is 47.1 Å². The first kappa shape index (κ1) is 16.6. The van der Waals surface area contributed by atoms with Gasteiger partial charge in [-0.1, -0.05) is 18.2 Å². The number of amides is 2. The summed E-state index contributed by atoms with van der Waals surface area (Å²) in [6.07, 6.45) is 1.36. The second-order valence-corrected chi connectivity index (χ2v) is 6.91. The fourth-order valence-corrected chi connectivity index (χ4v) is 3.59. The van der Waals surface area contributed by atoms with E-state index in [0.717, 1.165) is 18.4 Å². The monoisotopic (exact) mass is 355 g/mol. The van der Waals surface area contributed by atoms with Gasteiger partial charge in [0.1, 0.15) is 11.4 Å². The molecular weight excluding hydrogens is 334 g/mol. The van der Waals surface area contributed by atoms with Crippen LogP contribution in [0, 0.1) is 6.92 Å². The number of carbonyl (C=O) groups is 2. The summed E-state index contributed by atoms with van der Waals surface area (Å²) < 4.78 is 11.2. The average Bonchev–Trinajstić information content (AvgIpc) is 3.19. The van der Waals surface area contributed by atoms with Gasteiger partial charge in [0.25, 0.3) is 0 Å². The number of nitrogens with zero attached hydrogens (tertiary/aromatic N) is 2. The third kappa shape index (κ3) is 3.16. The summed E-state index contributed by atoms with van der Waals surface area (Å²) in [5, 5.41) is 2.69. The Morgan fingerprint density at radius 2 is 2.15 bits per heavy atom. The minimum atomic E-state index is -0.584. The molecule has 2 saturated heterocycles. The molecule has 2 aliphatic heterocycles. The molecule has 1 aromatic carbocycles. The molecule has 4 rings (SSSR count). The number of aryl methyl sites for hydroxylation is 1. The molecule has 0 saturated carbocycles. The zero-order valence-electron chi connectivity index (χ0n) is 14.7. The third-order valence-corrected chi connectivity index (χ3v) is 4.99. The minimum absolute atomic E-state index is 0.0250. The SMILES string of the molecule is Cc1oc(-c2ccccc2)nc1CC(=O)N1CCC[C@]2(CNC(=O)O2)C1. The van der Waals surface area contributed by atoms with E-state index >= 15 is 0 Å². The zero-order chi connectivity index (χ0) is 18.1. The highest BCUT2D eigenvalue weighted by atomic mass is 16.6. The van der Waals surface area contributed by atoms with Gasteiger partial charge in [-0.25, -0.2) is 9.78 Å². The number of benzene rings is 1. The molecule has 2 fully saturated rings. The van der Waals surface area contributed by atoms with Crippen molar-refractivity contribution < 1.29 is 18.7 Å². The Hall–Kier alpha value is -2.83. The Morgan fingerprint density at radius 1 is 1.35 bits per heavy atom. The Labute approximate surface area is 151 Å². The molecular formula is C19H21N3O4. The van der Waals surface area contributed by atoms with Crippen molar-refractivity contribution in [1.29, 1.82) is 0 Å². The van der Waals surface area contributed by atoms with Crippen LogP contribution in [0.3, 0.4) is 0 Å². The van der Waals surface area contributed by atoms with Crippen LogP contribution in [0.15, 0.2) is 34.7 Å². The van der Waals surface area contributed by atoms with Gasteiger partial charge in [0.05, 0.1) is 25.2 Å². The number of hydrogen-bond donors (Lipinski definition) is 1. The van der Waals surface area contributed by atoms with Crippen molar-refractivity contribution in [3.63, 3.8) is 0 Å². The van der Waals surface area contributed by atoms with Crippen molar-refractivity contribution in [2.75, 3.05) is 19.6 Å². The molecule has 0 unspecified atom stereocenters. The largest absolute Gasteiger partial charge is 0.441 e. The van der Waals surface area contributed by atoms with Gasteiger partial charge in [-0.2, -0.15) is 0 Å². The van der Waals surface area contributed by atoms with Gasteiger partial charge in [-0.3, -0.25) is 4.79 Å². The van der Waals surface area contributed by atoms with Crippen LogP contribution in [0.2, 0.25) is 0 Å². The maximum atomic E-state index is 12.8. The van der Waals surface area contributed by atoms with Crippen molar-refractivity contribution in [2.45, 2.75) is 31.8 Å². The number of aromatic nitrogens is 1. The van der Waals surface area contributed by atoms with Crippen molar-refractivity contribution in [1.82, 2.24) is 15.2 Å². The zero-order valence-corrected chi connectivity index (χ0v) is 14.7. The summed E-state index contributed by atoms with van der Waals surface area (Å²) in [5.41, 5.74) is 0.948. The van der Waals surface area contributed by atoms with E-state index in [-0.39, 0.29) is 12.3 Å². The quantitative estimate of drug-likeness (QED) is 0.913. The van der Waals surface area contributed by atoms with E-state index in [1.807, 2.05) is 37.3 Å². The maximum Gasteiger partial charge on any atom is 0.407 e. The fourth-order valence-electron chi connectivity index (χ4n) is 3.59. The van der Waals surface area contributed by atoms with Crippen molar-refractivity contribution in [3.05, 3.63) is 41.8 Å². The number of carbonyl (C=O) groups excluding carboxylic acids is 2. The van der Waals surface area contributed by atoms with Crippen molar-refractivity contribution >= 4 is 12.0 Å². The predicted octanol–water partition coefficient (Wildman–Crippen LogP) is 2.29. The van der Waals surface area contributed by atoms with Crippen LogP contribution in [-0.2, 0) is 16.0 Å². The summed E-state index contributed by atoms with van der Waals surface area (Å²) in [5.74, 6) is 1.15. The second kappa shape index (κ2) is 6.48. The summed E-state index contributed by atoms with van der Waals surface area (Å²) in [6, 6.07) is 9.62. The lowest BCUT2D eigenvalue weighted by atomic mass is 9.93. The molecule has 26 heavy (non-hydrogen) atoms. The van der Waals surface area contributed by atoms with Crippen LogP contribution >= 0.6 is 0 Å². The molecule has 0 radical (unpaired) electrons. The molecule has 0 aliphatic carbocycles. The molecule has 2 aromatic rings. The van der Waals surface area contributed by atoms with E-state index in [0.29, 0.717) is 37.0 Å². The second-order valence-electron chi connectivity index (χ2n) is 6.91. The molecule has 2 amide bonds. The van der Waals surface area contributed by atoms with Gasteiger partial charge in [0.2, 0.25) is 11.8 Å². The lowest BCUT2D eigenvalue weighted by molar-refractivity contribution is -0.136. The number of ether oxygens (including phenoxy) is 1. The minimum Gasteiger partial charge on any atom is -0.441 e. The van der Waals surface area contributed by atoms with Gasteiger partial charge < -0.3 is 19.4 Å². The van der Waals surface area contributed by atoms with E-state index < -0.39 is 11.7 Å². The Morgan fingerprint density at radius 3 is 2.88 bits per heavy atom. The molecule has 2 aliphatic rings. The molecule has 1 atom stereocenters. The number of rotatable bonds is 3. The topological polar surface area (TPSA) is 84.7 Å². The van der Waals surface area contributed by atoms with Gasteiger partial charge in [0, 0.05) is 12.1 Å². The molecule has 1 N–H and O–H groups in total. The molecule has 7 nitrogen and oxygen atoms in total. The lowest BCUT2D eigenvalue weighted by Crippen LogP contribution is -2.52. The molecule has 1 aromatic heterocycles. The smallest absolute Gasteiger partial charge is 0.407 e. The summed E-state index contributed by atoms with van der Waals surface area (Å²) >= 11 is 0. The van der Waals surface area contributed by atoms with Crippen LogP contribution in [0.25, 0.3) is 11.5 Å². The summed E-state index contributed by atoms with van der Waals surface area (Å²) in [7, 11) is 0. The van der Waals surface area contributed by atoms with Gasteiger partial charge >= 0.3 is 6.09 Å². The number of likely N-dealkylation sites (tertiary alicyclic amines) is 1. The molecule has 1 spiro atoms. The maximum absolute atomic E-state index is 12.8. The Bertz CT molecular complexity index is 833. The molecule has 7 heteroatoms. The molecule has 3 heterocycles. The van der Waals surface area contributed by atoms with E-state index in [1.54, 1.807) is 4.90 Å². The highest BCUT2D eigenvalue weighted by Crippen LogP contribution is 2.29. The lowest BCUT2D eigenvalue weighted by Gasteiger charge is -2.38. The predicted molar refractivity (Wildman–Crippen MR) is 93.4 cm³/mol. The number of hydrogen-bond acceptors (Lipinski definition) is 5. The number of alkyl carbamates (subject to hydrolysis) is 1. The van der Waals surface area contributed by atoms with Crippen molar-refractivity contribution in [2.24, 2.45) is 0 Å². The van der Waals surface area contributed by atoms with Crippen LogP contribution < -0.4 is 5.32 Å². The van der Waals surface area contributed by atoms with E-state index in [2.05, 4.69) is 10.3 Å². The third-order valence-electron chi connectivity index (χ3n) is 4.99.